The summed E-state index contributed by atoms with van der Waals surface area (Å²) in [6.45, 7) is 0. The summed E-state index contributed by atoms with van der Waals surface area (Å²) in [4.78, 5) is 10.8. The third-order valence-corrected chi connectivity index (χ3v) is 3.53. The second-order valence-corrected chi connectivity index (χ2v) is 5.30. The lowest BCUT2D eigenvalue weighted by atomic mass is 10.1. The highest BCUT2D eigenvalue weighted by molar-refractivity contribution is 6.30. The minimum atomic E-state index is -1.43. The number of benzene rings is 2. The smallest absolute Gasteiger partial charge is 0.497 e. The predicted octanol–water partition coefficient (Wildman–Crippen LogP) is 4.26. The van der Waals surface area contributed by atoms with Crippen molar-refractivity contribution in [3.63, 3.8) is 0 Å². The Kier molecular flexibility index (Phi) is 4.39. The first kappa shape index (κ1) is 15.9. The van der Waals surface area contributed by atoms with Gasteiger partial charge in [-0.1, -0.05) is 29.8 Å². The first-order valence-corrected chi connectivity index (χ1v) is 7.36. The number of ether oxygens (including phenoxy) is 2. The molecule has 0 aliphatic heterocycles. The van der Waals surface area contributed by atoms with Crippen molar-refractivity contribution in [3.8, 4) is 28.6 Å². The molecule has 0 unspecified atom stereocenters. The van der Waals surface area contributed by atoms with E-state index >= 15 is 0 Å². The quantitative estimate of drug-likeness (QED) is 0.716. The molecule has 7 heteroatoms. The van der Waals surface area contributed by atoms with Crippen molar-refractivity contribution in [2.24, 2.45) is 0 Å². The van der Waals surface area contributed by atoms with Crippen molar-refractivity contribution in [2.45, 2.75) is 0 Å². The lowest BCUT2D eigenvalue weighted by molar-refractivity contribution is 0.142. The van der Waals surface area contributed by atoms with Gasteiger partial charge in [-0.25, -0.2) is 9.48 Å². The van der Waals surface area contributed by atoms with Gasteiger partial charge < -0.3 is 14.6 Å². The second-order valence-electron chi connectivity index (χ2n) is 4.86. The number of aromatic nitrogens is 2. The van der Waals surface area contributed by atoms with Gasteiger partial charge in [0.05, 0.1) is 18.5 Å². The maximum Gasteiger partial charge on any atom is 0.512 e. The molecule has 0 radical (unpaired) electrons. The number of carbonyl (C=O) groups is 1. The largest absolute Gasteiger partial charge is 0.512 e. The van der Waals surface area contributed by atoms with Crippen LogP contribution in [-0.2, 0) is 0 Å². The Bertz CT molecular complexity index is 892. The van der Waals surface area contributed by atoms with Gasteiger partial charge >= 0.3 is 6.16 Å². The molecular weight excluding hydrogens is 332 g/mol. The van der Waals surface area contributed by atoms with Crippen molar-refractivity contribution in [1.29, 1.82) is 0 Å². The molecule has 1 N–H and O–H groups in total. The van der Waals surface area contributed by atoms with Crippen LogP contribution < -0.4 is 9.47 Å². The van der Waals surface area contributed by atoms with E-state index in [1.54, 1.807) is 36.1 Å². The fraction of sp³-hybridized carbons (Fsp3) is 0.0588. The van der Waals surface area contributed by atoms with E-state index < -0.39 is 6.16 Å². The molecule has 3 aromatic rings. The second kappa shape index (κ2) is 6.64. The zero-order valence-electron chi connectivity index (χ0n) is 12.6. The molecule has 0 atom stereocenters. The van der Waals surface area contributed by atoms with Crippen LogP contribution in [0.5, 0.6) is 11.6 Å². The Morgan fingerprint density at radius 2 is 1.96 bits per heavy atom. The Morgan fingerprint density at radius 3 is 2.67 bits per heavy atom. The minimum Gasteiger partial charge on any atom is -0.497 e. The van der Waals surface area contributed by atoms with E-state index in [-0.39, 0.29) is 5.88 Å². The third-order valence-electron chi connectivity index (χ3n) is 3.30. The van der Waals surface area contributed by atoms with Gasteiger partial charge in [-0.3, -0.25) is 0 Å². The Balaban J connectivity index is 2.15. The fourth-order valence-electron chi connectivity index (χ4n) is 2.29. The zero-order chi connectivity index (χ0) is 17.1. The van der Waals surface area contributed by atoms with Crippen LogP contribution in [0.3, 0.4) is 0 Å². The Morgan fingerprint density at radius 1 is 1.17 bits per heavy atom. The Hall–Kier alpha value is -2.99. The van der Waals surface area contributed by atoms with Gasteiger partial charge in [-0.05, 0) is 30.3 Å². The SMILES string of the molecule is COc1cccc(-c2cc(OC(=O)O)nn2-c2cccc(Cl)c2)c1. The summed E-state index contributed by atoms with van der Waals surface area (Å²) in [5.74, 6) is 0.646. The standard InChI is InChI=1S/C17H13ClN2O4/c1-23-14-7-2-4-11(8-14)15-10-16(24-17(21)22)19-20(15)13-6-3-5-12(18)9-13/h2-10H,1H3,(H,21,22). The fourth-order valence-corrected chi connectivity index (χ4v) is 2.48. The molecule has 0 saturated heterocycles. The van der Waals surface area contributed by atoms with Gasteiger partial charge in [-0.2, -0.15) is 0 Å². The molecule has 24 heavy (non-hydrogen) atoms. The van der Waals surface area contributed by atoms with Crippen LogP contribution in [-0.4, -0.2) is 28.2 Å². The first-order chi connectivity index (χ1) is 11.6. The first-order valence-electron chi connectivity index (χ1n) is 6.98. The average molecular weight is 345 g/mol. The van der Waals surface area contributed by atoms with Gasteiger partial charge in [0.2, 0.25) is 5.88 Å². The van der Waals surface area contributed by atoms with Crippen LogP contribution >= 0.6 is 11.6 Å². The highest BCUT2D eigenvalue weighted by Gasteiger charge is 2.15. The summed E-state index contributed by atoms with van der Waals surface area (Å²) in [5, 5.41) is 13.6. The van der Waals surface area contributed by atoms with Crippen LogP contribution in [0.1, 0.15) is 0 Å². The highest BCUT2D eigenvalue weighted by atomic mass is 35.5. The summed E-state index contributed by atoms with van der Waals surface area (Å²) < 4.78 is 11.5. The highest BCUT2D eigenvalue weighted by Crippen LogP contribution is 2.30. The summed E-state index contributed by atoms with van der Waals surface area (Å²) in [5.41, 5.74) is 2.12. The summed E-state index contributed by atoms with van der Waals surface area (Å²) >= 11 is 6.05. The maximum atomic E-state index is 10.8. The van der Waals surface area contributed by atoms with E-state index in [1.165, 1.54) is 0 Å². The van der Waals surface area contributed by atoms with Gasteiger partial charge in [0, 0.05) is 16.7 Å². The number of hydrogen-bond acceptors (Lipinski definition) is 4. The van der Waals surface area contributed by atoms with Gasteiger partial charge in [0.15, 0.2) is 0 Å². The van der Waals surface area contributed by atoms with E-state index in [1.807, 2.05) is 30.3 Å². The van der Waals surface area contributed by atoms with E-state index in [0.717, 1.165) is 5.56 Å². The summed E-state index contributed by atoms with van der Waals surface area (Å²) in [6, 6.07) is 16.0. The molecule has 0 amide bonds. The van der Waals surface area contributed by atoms with Gasteiger partial charge in [-0.15, -0.1) is 5.10 Å². The molecule has 1 heterocycles. The molecule has 1 aromatic heterocycles. The summed E-state index contributed by atoms with van der Waals surface area (Å²) in [7, 11) is 1.58. The van der Waals surface area contributed by atoms with Crippen LogP contribution in [0.25, 0.3) is 16.9 Å². The normalized spacial score (nSPS) is 10.4. The maximum absolute atomic E-state index is 10.8. The number of nitrogens with zero attached hydrogens (tertiary/aromatic N) is 2. The molecule has 6 nitrogen and oxygen atoms in total. The van der Waals surface area contributed by atoms with Crippen molar-refractivity contribution in [2.75, 3.05) is 7.11 Å². The summed E-state index contributed by atoms with van der Waals surface area (Å²) in [6.07, 6.45) is -1.43. The third kappa shape index (κ3) is 3.33. The molecular formula is C17H13ClN2O4. The molecule has 122 valence electrons. The van der Waals surface area contributed by atoms with Crippen LogP contribution in [0.4, 0.5) is 4.79 Å². The molecule has 0 spiro atoms. The molecule has 0 bridgehead atoms. The van der Waals surface area contributed by atoms with Crippen molar-refractivity contribution < 1.29 is 19.4 Å². The zero-order valence-corrected chi connectivity index (χ0v) is 13.4. The van der Waals surface area contributed by atoms with Gasteiger partial charge in [0.25, 0.3) is 0 Å². The van der Waals surface area contributed by atoms with E-state index in [2.05, 4.69) is 9.84 Å². The van der Waals surface area contributed by atoms with E-state index in [0.29, 0.717) is 22.2 Å². The lowest BCUT2D eigenvalue weighted by Gasteiger charge is -2.08. The number of halogens is 1. The lowest BCUT2D eigenvalue weighted by Crippen LogP contribution is -2.04. The van der Waals surface area contributed by atoms with Crippen LogP contribution in [0.2, 0.25) is 5.02 Å². The van der Waals surface area contributed by atoms with Crippen molar-refractivity contribution in [1.82, 2.24) is 9.78 Å². The predicted molar refractivity (Wildman–Crippen MR) is 89.2 cm³/mol. The van der Waals surface area contributed by atoms with Crippen LogP contribution in [0.15, 0.2) is 54.6 Å². The topological polar surface area (TPSA) is 73.6 Å². The van der Waals surface area contributed by atoms with Gasteiger partial charge in [0.1, 0.15) is 5.75 Å². The van der Waals surface area contributed by atoms with Crippen LogP contribution in [0, 0.1) is 0 Å². The minimum absolute atomic E-state index is 0.0275. The van der Waals surface area contributed by atoms with Crippen molar-refractivity contribution >= 4 is 17.8 Å². The number of hydrogen-bond donors (Lipinski definition) is 1. The molecule has 2 aromatic carbocycles. The van der Waals surface area contributed by atoms with E-state index in [4.69, 9.17) is 21.4 Å². The molecule has 0 fully saturated rings. The average Bonchev–Trinajstić information content (AvgIpc) is 2.98. The Labute approximate surface area is 142 Å². The number of rotatable bonds is 4. The molecule has 0 saturated carbocycles. The molecule has 0 aliphatic carbocycles. The molecule has 0 aliphatic rings. The van der Waals surface area contributed by atoms with Crippen molar-refractivity contribution in [3.05, 3.63) is 59.6 Å². The number of methoxy groups -OCH3 is 1. The molecule has 3 rings (SSSR count). The monoisotopic (exact) mass is 344 g/mol. The number of carboxylic acid groups (broad SMARTS) is 1. The van der Waals surface area contributed by atoms with E-state index in [9.17, 15) is 4.79 Å².